The molecule has 0 spiro atoms. The van der Waals surface area contributed by atoms with Gasteiger partial charge in [-0.2, -0.15) is 0 Å². The number of carbonyl (C=O) groups is 1. The summed E-state index contributed by atoms with van der Waals surface area (Å²) >= 11 is 0. The molecule has 1 aromatic carbocycles. The van der Waals surface area contributed by atoms with E-state index in [0.29, 0.717) is 18.6 Å². The molecule has 0 heterocycles. The van der Waals surface area contributed by atoms with Crippen molar-refractivity contribution in [3.63, 3.8) is 0 Å². The van der Waals surface area contributed by atoms with Gasteiger partial charge in [0, 0.05) is 0 Å². The van der Waals surface area contributed by atoms with Gasteiger partial charge < -0.3 is 0 Å². The number of amides is 1. The molecule has 3 nitrogen and oxygen atoms in total. The second-order valence-corrected chi connectivity index (χ2v) is 7.77. The van der Waals surface area contributed by atoms with E-state index in [1.165, 1.54) is 0 Å². The van der Waals surface area contributed by atoms with Crippen LogP contribution in [0, 0.1) is 0 Å². The summed E-state index contributed by atoms with van der Waals surface area (Å²) in [6, 6.07) is 4.01. The molecule has 0 aliphatic heterocycles. The van der Waals surface area contributed by atoms with E-state index >= 15 is 0 Å². The van der Waals surface area contributed by atoms with Crippen LogP contribution < -0.4 is 5.32 Å². The summed E-state index contributed by atoms with van der Waals surface area (Å²) in [6.07, 6.45) is 2.14. The van der Waals surface area contributed by atoms with Gasteiger partial charge in [0.1, 0.15) is 0 Å². The SMILES string of the molecule is [B]=CNC(=O)CCc1cc(C(C)(C)C)c(O)c(C(C)(C)C)c1. The number of carbonyl (C=O) groups excluding carboxylic acids is 1. The summed E-state index contributed by atoms with van der Waals surface area (Å²) in [4.78, 5) is 11.6. The Labute approximate surface area is 135 Å². The number of phenolic OH excluding ortho intramolecular Hbond substituents is 1. The minimum absolute atomic E-state index is 0.106. The van der Waals surface area contributed by atoms with Crippen LogP contribution in [0.3, 0.4) is 0 Å². The van der Waals surface area contributed by atoms with Gasteiger partial charge in [0.05, 0.1) is 0 Å². The van der Waals surface area contributed by atoms with E-state index in [4.69, 9.17) is 7.49 Å². The first-order valence-electron chi connectivity index (χ1n) is 7.66. The fourth-order valence-corrected chi connectivity index (χ4v) is 2.41. The molecule has 119 valence electrons. The summed E-state index contributed by atoms with van der Waals surface area (Å²) < 4.78 is 0. The third-order valence-corrected chi connectivity index (χ3v) is 3.67. The zero-order chi connectivity index (χ0) is 17.1. The molecule has 0 aliphatic rings. The molecule has 1 rings (SSSR count). The van der Waals surface area contributed by atoms with Crippen LogP contribution in [0.4, 0.5) is 0 Å². The maximum absolute atomic E-state index is 11.6. The zero-order valence-corrected chi connectivity index (χ0v) is 14.6. The van der Waals surface area contributed by atoms with Gasteiger partial charge >= 0.3 is 134 Å². The van der Waals surface area contributed by atoms with E-state index in [0.717, 1.165) is 22.8 Å². The Hall–Kier alpha value is -1.58. The number of nitrogens with one attached hydrogen (secondary N) is 1. The van der Waals surface area contributed by atoms with Crippen LogP contribution in [0.15, 0.2) is 12.1 Å². The number of rotatable bonds is 4. The monoisotopic (exact) mass is 300 g/mol. The summed E-state index contributed by atoms with van der Waals surface area (Å²) in [5.74, 6) is 0.258. The van der Waals surface area contributed by atoms with Gasteiger partial charge in [0.15, 0.2) is 0 Å². The minimum atomic E-state index is -0.159. The third-order valence-electron chi connectivity index (χ3n) is 3.67. The molecule has 22 heavy (non-hydrogen) atoms. The molecule has 0 bridgehead atoms. The topological polar surface area (TPSA) is 49.3 Å². The van der Waals surface area contributed by atoms with Crippen LogP contribution in [0.25, 0.3) is 0 Å². The van der Waals surface area contributed by atoms with Crippen LogP contribution in [0.1, 0.15) is 64.7 Å². The van der Waals surface area contributed by atoms with E-state index in [2.05, 4.69) is 46.9 Å². The van der Waals surface area contributed by atoms with Crippen LogP contribution in [-0.4, -0.2) is 24.6 Å². The summed E-state index contributed by atoms with van der Waals surface area (Å²) in [7, 11) is 5.19. The van der Waals surface area contributed by atoms with Crippen molar-refractivity contribution in [2.75, 3.05) is 0 Å². The van der Waals surface area contributed by atoms with E-state index < -0.39 is 0 Å². The molecule has 1 aromatic rings. The quantitative estimate of drug-likeness (QED) is 0.840. The van der Waals surface area contributed by atoms with Crippen molar-refractivity contribution in [3.8, 4) is 5.75 Å². The number of hydrogen-bond donors (Lipinski definition) is 2. The van der Waals surface area contributed by atoms with Gasteiger partial charge in [-0.25, -0.2) is 0 Å². The van der Waals surface area contributed by atoms with Crippen molar-refractivity contribution in [2.24, 2.45) is 0 Å². The first-order chi connectivity index (χ1) is 9.96. The molecule has 0 saturated heterocycles. The number of hydrogen-bond acceptors (Lipinski definition) is 2. The Bertz CT molecular complexity index is 530. The number of benzene rings is 1. The van der Waals surface area contributed by atoms with Crippen molar-refractivity contribution >= 4 is 19.5 Å². The van der Waals surface area contributed by atoms with Gasteiger partial charge in [0.2, 0.25) is 0 Å². The van der Waals surface area contributed by atoms with Gasteiger partial charge in [-0.3, -0.25) is 0 Å². The van der Waals surface area contributed by atoms with E-state index in [1.54, 1.807) is 0 Å². The molecule has 2 N–H and O–H groups in total. The average molecular weight is 300 g/mol. The fraction of sp³-hybridized carbons (Fsp3) is 0.556. The average Bonchev–Trinajstić information content (AvgIpc) is 2.35. The summed E-state index contributed by atoms with van der Waals surface area (Å²) in [5.41, 5.74) is 2.57. The molecule has 0 aromatic heterocycles. The predicted molar refractivity (Wildman–Crippen MR) is 93.8 cm³/mol. The van der Waals surface area contributed by atoms with Crippen molar-refractivity contribution in [2.45, 2.75) is 65.2 Å². The number of aromatic hydroxyl groups is 1. The van der Waals surface area contributed by atoms with E-state index in [-0.39, 0.29) is 16.7 Å². The molecule has 0 saturated carbocycles. The molecule has 0 fully saturated rings. The van der Waals surface area contributed by atoms with Crippen LogP contribution >= 0.6 is 0 Å². The zero-order valence-electron chi connectivity index (χ0n) is 14.6. The van der Waals surface area contributed by atoms with Crippen molar-refractivity contribution in [1.29, 1.82) is 0 Å². The Kier molecular flexibility index (Phi) is 5.61. The van der Waals surface area contributed by atoms with Crippen LogP contribution in [-0.2, 0) is 22.0 Å². The molecule has 0 unspecified atom stereocenters. The van der Waals surface area contributed by atoms with Crippen molar-refractivity contribution < 1.29 is 9.90 Å². The fourth-order valence-electron chi connectivity index (χ4n) is 2.41. The number of phenols is 1. The van der Waals surface area contributed by atoms with Crippen molar-refractivity contribution in [3.05, 3.63) is 28.8 Å². The first kappa shape index (κ1) is 18.5. The summed E-state index contributed by atoms with van der Waals surface area (Å²) in [5, 5.41) is 13.1. The van der Waals surface area contributed by atoms with E-state index in [9.17, 15) is 9.90 Å². The Morgan fingerprint density at radius 1 is 1.14 bits per heavy atom. The summed E-state index contributed by atoms with van der Waals surface area (Å²) in [6.45, 7) is 12.5. The molecular formula is C18H27BNO2. The molecular weight excluding hydrogens is 273 g/mol. The Balaban J connectivity index is 3.24. The van der Waals surface area contributed by atoms with Crippen molar-refractivity contribution in [1.82, 2.24) is 5.32 Å². The van der Waals surface area contributed by atoms with Gasteiger partial charge in [0.25, 0.3) is 0 Å². The third kappa shape index (κ3) is 4.72. The van der Waals surface area contributed by atoms with Crippen LogP contribution in [0.2, 0.25) is 0 Å². The Morgan fingerprint density at radius 2 is 1.59 bits per heavy atom. The second-order valence-electron chi connectivity index (χ2n) is 7.77. The van der Waals surface area contributed by atoms with Crippen LogP contribution in [0.5, 0.6) is 5.75 Å². The standard InChI is InChI=1S/C18H27BNO2/c1-17(2,3)13-9-12(7-8-15(21)20-11-19)10-14(16(13)22)18(4,5)6/h9-11,22H,7-8H2,1-6H3,(H,20,21). The second kappa shape index (κ2) is 6.68. The molecule has 1 radical (unpaired) electrons. The molecule has 0 aliphatic carbocycles. The van der Waals surface area contributed by atoms with E-state index in [1.807, 2.05) is 12.1 Å². The number of aryl methyl sites for hydroxylation is 1. The maximum atomic E-state index is 11.6. The molecule has 4 heteroatoms. The Morgan fingerprint density at radius 3 is 1.95 bits per heavy atom. The normalized spacial score (nSPS) is 12.0. The molecule has 0 atom stereocenters. The molecule has 1 amide bonds. The van der Waals surface area contributed by atoms with Gasteiger partial charge in [-0.1, -0.05) is 0 Å². The predicted octanol–water partition coefficient (Wildman–Crippen LogP) is 2.96. The first-order valence-corrected chi connectivity index (χ1v) is 7.66. The van der Waals surface area contributed by atoms with Gasteiger partial charge in [-0.05, 0) is 0 Å². The van der Waals surface area contributed by atoms with Gasteiger partial charge in [-0.15, -0.1) is 0 Å².